The van der Waals surface area contributed by atoms with Gasteiger partial charge in [-0.1, -0.05) is 0 Å². The van der Waals surface area contributed by atoms with Gasteiger partial charge in [0.2, 0.25) is 5.91 Å². The summed E-state index contributed by atoms with van der Waals surface area (Å²) in [6.45, 7) is 3.47. The minimum Gasteiger partial charge on any atom is -0.340 e. The van der Waals surface area contributed by atoms with E-state index in [1.165, 1.54) is 0 Å². The lowest BCUT2D eigenvalue weighted by atomic mass is 10.1. The molecule has 1 amide bonds. The quantitative estimate of drug-likeness (QED) is 0.650. The molecule has 1 rings (SSSR count). The van der Waals surface area contributed by atoms with Gasteiger partial charge in [-0.3, -0.25) is 4.79 Å². The largest absolute Gasteiger partial charge is 0.340 e. The Morgan fingerprint density at radius 2 is 2.46 bits per heavy atom. The van der Waals surface area contributed by atoms with Crippen molar-refractivity contribution in [2.24, 2.45) is 5.92 Å². The molecule has 13 heavy (non-hydrogen) atoms. The van der Waals surface area contributed by atoms with E-state index in [9.17, 15) is 4.79 Å². The zero-order valence-electron chi connectivity index (χ0n) is 8.08. The van der Waals surface area contributed by atoms with E-state index in [1.807, 2.05) is 13.1 Å². The first kappa shape index (κ1) is 10.0. The molecule has 0 saturated carbocycles. The number of nitrogens with one attached hydrogen (secondary N) is 1. The smallest absolute Gasteiger partial charge is 0.225 e. The normalized spacial score (nSPS) is 25.2. The van der Waals surface area contributed by atoms with Crippen LogP contribution in [0.25, 0.3) is 0 Å². The van der Waals surface area contributed by atoms with Crippen LogP contribution in [0.1, 0.15) is 13.3 Å². The van der Waals surface area contributed by atoms with Gasteiger partial charge in [0.05, 0.1) is 12.0 Å². The molecule has 0 aromatic heterocycles. The molecule has 1 heterocycles. The van der Waals surface area contributed by atoms with Crippen molar-refractivity contribution in [3.63, 3.8) is 0 Å². The summed E-state index contributed by atoms with van der Waals surface area (Å²) in [5, 5.41) is 11.2. The number of nitriles is 1. The Kier molecular flexibility index (Phi) is 3.26. The van der Waals surface area contributed by atoms with Crippen LogP contribution in [0.3, 0.4) is 0 Å². The monoisotopic (exact) mass is 181 g/mol. The lowest BCUT2D eigenvalue weighted by Crippen LogP contribution is -2.37. The van der Waals surface area contributed by atoms with Crippen LogP contribution in [-0.4, -0.2) is 37.0 Å². The third kappa shape index (κ3) is 2.71. The summed E-state index contributed by atoms with van der Waals surface area (Å²) >= 11 is 0. The second kappa shape index (κ2) is 4.24. The first-order valence-electron chi connectivity index (χ1n) is 4.52. The second-order valence-corrected chi connectivity index (χ2v) is 3.61. The molecule has 4 heteroatoms. The van der Waals surface area contributed by atoms with Gasteiger partial charge < -0.3 is 10.2 Å². The topological polar surface area (TPSA) is 56.1 Å². The van der Waals surface area contributed by atoms with Crippen molar-refractivity contribution in [1.82, 2.24) is 10.2 Å². The van der Waals surface area contributed by atoms with E-state index in [2.05, 4.69) is 10.2 Å². The lowest BCUT2D eigenvalue weighted by molar-refractivity contribution is -0.124. The van der Waals surface area contributed by atoms with Gasteiger partial charge in [-0.15, -0.1) is 0 Å². The highest BCUT2D eigenvalue weighted by Crippen LogP contribution is 2.14. The van der Waals surface area contributed by atoms with E-state index in [4.69, 9.17) is 5.26 Å². The fourth-order valence-electron chi connectivity index (χ4n) is 1.51. The van der Waals surface area contributed by atoms with Crippen LogP contribution < -0.4 is 5.32 Å². The van der Waals surface area contributed by atoms with Gasteiger partial charge in [0, 0.05) is 6.54 Å². The number of hydrogen-bond acceptors (Lipinski definition) is 3. The molecular weight excluding hydrogens is 166 g/mol. The Morgan fingerprint density at radius 3 is 2.92 bits per heavy atom. The Balaban J connectivity index is 2.37. The van der Waals surface area contributed by atoms with Crippen LogP contribution in [0.2, 0.25) is 0 Å². The predicted molar refractivity (Wildman–Crippen MR) is 48.8 cm³/mol. The molecule has 0 bridgehead atoms. The molecule has 0 aromatic carbocycles. The molecule has 4 nitrogen and oxygen atoms in total. The van der Waals surface area contributed by atoms with E-state index in [0.29, 0.717) is 0 Å². The van der Waals surface area contributed by atoms with E-state index < -0.39 is 0 Å². The molecule has 1 N–H and O–H groups in total. The van der Waals surface area contributed by atoms with E-state index >= 15 is 0 Å². The van der Waals surface area contributed by atoms with Crippen molar-refractivity contribution in [3.05, 3.63) is 0 Å². The van der Waals surface area contributed by atoms with Gasteiger partial charge >= 0.3 is 0 Å². The Bertz CT molecular complexity index is 234. The fraction of sp³-hybridized carbons (Fsp3) is 0.778. The predicted octanol–water partition coefficient (Wildman–Crippen LogP) is -0.0336. The van der Waals surface area contributed by atoms with Crippen molar-refractivity contribution in [2.75, 3.05) is 20.1 Å². The standard InChI is InChI=1S/C9H15N3O/c1-7(5-10)11-9(13)8-3-4-12(2)6-8/h7-8H,3-4,6H2,1-2H3,(H,11,13). The Hall–Kier alpha value is -1.08. The van der Waals surface area contributed by atoms with Gasteiger partial charge in [-0.25, -0.2) is 0 Å². The molecule has 1 aliphatic heterocycles. The Morgan fingerprint density at radius 1 is 1.77 bits per heavy atom. The zero-order valence-corrected chi connectivity index (χ0v) is 8.08. The highest BCUT2D eigenvalue weighted by Gasteiger charge is 2.26. The maximum atomic E-state index is 11.5. The number of carbonyl (C=O) groups excluding carboxylic acids is 1. The summed E-state index contributed by atoms with van der Waals surface area (Å²) < 4.78 is 0. The van der Waals surface area contributed by atoms with Crippen LogP contribution in [0, 0.1) is 17.2 Å². The third-order valence-electron chi connectivity index (χ3n) is 2.31. The van der Waals surface area contributed by atoms with Crippen LogP contribution in [0.15, 0.2) is 0 Å². The molecule has 2 atom stereocenters. The molecule has 1 saturated heterocycles. The average molecular weight is 181 g/mol. The maximum Gasteiger partial charge on any atom is 0.225 e. The van der Waals surface area contributed by atoms with Gasteiger partial charge in [0.1, 0.15) is 6.04 Å². The van der Waals surface area contributed by atoms with Crippen molar-refractivity contribution in [2.45, 2.75) is 19.4 Å². The summed E-state index contributed by atoms with van der Waals surface area (Å²) in [6.07, 6.45) is 0.903. The molecule has 0 spiro atoms. The fourth-order valence-corrected chi connectivity index (χ4v) is 1.51. The molecule has 0 aliphatic carbocycles. The number of amides is 1. The lowest BCUT2D eigenvalue weighted by Gasteiger charge is -2.11. The molecule has 0 aromatic rings. The van der Waals surface area contributed by atoms with Crippen LogP contribution >= 0.6 is 0 Å². The van der Waals surface area contributed by atoms with Gasteiger partial charge in [0.25, 0.3) is 0 Å². The first-order chi connectivity index (χ1) is 6.13. The highest BCUT2D eigenvalue weighted by atomic mass is 16.2. The highest BCUT2D eigenvalue weighted by molar-refractivity contribution is 5.79. The summed E-state index contributed by atoms with van der Waals surface area (Å²) in [6, 6.07) is 1.61. The van der Waals surface area contributed by atoms with Crippen molar-refractivity contribution in [1.29, 1.82) is 5.26 Å². The van der Waals surface area contributed by atoms with E-state index in [1.54, 1.807) is 6.92 Å². The minimum atomic E-state index is -0.376. The molecular formula is C9H15N3O. The molecule has 72 valence electrons. The average Bonchev–Trinajstić information content (AvgIpc) is 2.51. The SMILES string of the molecule is CC(C#N)NC(=O)C1CCN(C)C1. The zero-order chi connectivity index (χ0) is 9.84. The number of nitrogens with zero attached hydrogens (tertiary/aromatic N) is 2. The summed E-state index contributed by atoms with van der Waals surface area (Å²) in [5.41, 5.74) is 0. The van der Waals surface area contributed by atoms with Gasteiger partial charge in [0.15, 0.2) is 0 Å². The third-order valence-corrected chi connectivity index (χ3v) is 2.31. The van der Waals surface area contributed by atoms with E-state index in [-0.39, 0.29) is 17.9 Å². The summed E-state index contributed by atoms with van der Waals surface area (Å²) in [5.74, 6) is 0.0826. The number of carbonyl (C=O) groups is 1. The summed E-state index contributed by atoms with van der Waals surface area (Å²) in [4.78, 5) is 13.6. The molecule has 1 aliphatic rings. The number of likely N-dealkylation sites (tertiary alicyclic amines) is 1. The van der Waals surface area contributed by atoms with Crippen LogP contribution in [-0.2, 0) is 4.79 Å². The second-order valence-electron chi connectivity index (χ2n) is 3.61. The van der Waals surface area contributed by atoms with Gasteiger partial charge in [-0.05, 0) is 26.9 Å². The van der Waals surface area contributed by atoms with Crippen molar-refractivity contribution in [3.8, 4) is 6.07 Å². The summed E-state index contributed by atoms with van der Waals surface area (Å²) in [7, 11) is 2.00. The number of rotatable bonds is 2. The minimum absolute atomic E-state index is 0.0124. The Labute approximate surface area is 78.5 Å². The van der Waals surface area contributed by atoms with E-state index in [0.717, 1.165) is 19.5 Å². The molecule has 1 fully saturated rings. The van der Waals surface area contributed by atoms with Crippen LogP contribution in [0.4, 0.5) is 0 Å². The maximum absolute atomic E-state index is 11.5. The first-order valence-corrected chi connectivity index (χ1v) is 4.52. The van der Waals surface area contributed by atoms with Crippen molar-refractivity contribution >= 4 is 5.91 Å². The van der Waals surface area contributed by atoms with Gasteiger partial charge in [-0.2, -0.15) is 5.26 Å². The molecule has 2 unspecified atom stereocenters. The van der Waals surface area contributed by atoms with Crippen LogP contribution in [0.5, 0.6) is 0 Å². The molecule has 0 radical (unpaired) electrons. The number of hydrogen-bond donors (Lipinski definition) is 1. The van der Waals surface area contributed by atoms with Crippen molar-refractivity contribution < 1.29 is 4.79 Å².